The van der Waals surface area contributed by atoms with E-state index in [1.807, 2.05) is 70.4 Å². The van der Waals surface area contributed by atoms with Gasteiger partial charge in [-0.25, -0.2) is 0 Å². The molecular formula is C40H42BrIN4O4Si. The fourth-order valence-corrected chi connectivity index (χ4v) is 13.2. The summed E-state index contributed by atoms with van der Waals surface area (Å²) in [5, 5.41) is 20.5. The maximum atomic E-state index is 15.1. The van der Waals surface area contributed by atoms with Gasteiger partial charge in [0.25, 0.3) is 5.91 Å². The summed E-state index contributed by atoms with van der Waals surface area (Å²) in [7, 11) is -0.625. The fraction of sp³-hybridized carbons (Fsp3) is 0.325. The first kappa shape index (κ1) is 36.0. The Bertz CT molecular complexity index is 2010. The molecule has 5 atom stereocenters. The van der Waals surface area contributed by atoms with Crippen molar-refractivity contribution in [2.24, 2.45) is 5.92 Å². The topological polar surface area (TPSA) is 89.7 Å². The van der Waals surface area contributed by atoms with Gasteiger partial charge < -0.3 is 19.5 Å². The first-order valence-corrected chi connectivity index (χ1v) is 22.3. The molecule has 51 heavy (non-hydrogen) atoms. The second kappa shape index (κ2) is 14.6. The second-order valence-electron chi connectivity index (χ2n) is 14.2. The second-order valence-corrected chi connectivity index (χ2v) is 21.0. The van der Waals surface area contributed by atoms with Gasteiger partial charge in [-0.15, -0.1) is 5.10 Å². The van der Waals surface area contributed by atoms with Crippen molar-refractivity contribution in [1.29, 1.82) is 0 Å². The van der Waals surface area contributed by atoms with Gasteiger partial charge in [-0.05, 0) is 88.1 Å². The molecule has 7 rings (SSSR count). The van der Waals surface area contributed by atoms with Gasteiger partial charge in [0.05, 0.1) is 51.7 Å². The van der Waals surface area contributed by atoms with Gasteiger partial charge >= 0.3 is 0 Å². The summed E-state index contributed by atoms with van der Waals surface area (Å²) in [5.41, 5.74) is 3.56. The van der Waals surface area contributed by atoms with Gasteiger partial charge in [0.2, 0.25) is 0 Å². The van der Waals surface area contributed by atoms with Crippen LogP contribution in [0.4, 0.5) is 5.69 Å². The Kier molecular flexibility index (Phi) is 10.3. The van der Waals surface area contributed by atoms with E-state index < -0.39 is 13.7 Å². The molecule has 4 aromatic carbocycles. The molecule has 1 unspecified atom stereocenters. The number of ether oxygens (including phenoxy) is 2. The molecule has 2 aliphatic rings. The van der Waals surface area contributed by atoms with Crippen LogP contribution in [-0.4, -0.2) is 53.9 Å². The molecule has 0 saturated carbocycles. The van der Waals surface area contributed by atoms with E-state index in [0.29, 0.717) is 19.5 Å². The number of aromatic nitrogens is 3. The Balaban J connectivity index is 1.25. The maximum absolute atomic E-state index is 15.1. The molecule has 1 aromatic heterocycles. The molecule has 1 N–H and O–H groups in total. The number of hydrogen-bond donors (Lipinski definition) is 1. The number of carbonyl (C=O) groups is 1. The number of aliphatic hydroxyl groups is 1. The van der Waals surface area contributed by atoms with Gasteiger partial charge in [0, 0.05) is 32.3 Å². The zero-order valence-corrected chi connectivity index (χ0v) is 33.9. The molecule has 1 spiro atoms. The minimum atomic E-state index is -2.31. The number of benzene rings is 4. The highest BCUT2D eigenvalue weighted by Gasteiger charge is 2.66. The highest BCUT2D eigenvalue weighted by atomic mass is 127. The largest absolute Gasteiger partial charge is 0.497 e. The summed E-state index contributed by atoms with van der Waals surface area (Å²) in [5.74, 6) is 0.439. The number of carbonyl (C=O) groups excluding carboxylic acids is 1. The van der Waals surface area contributed by atoms with Gasteiger partial charge in [0.15, 0.2) is 5.60 Å². The van der Waals surface area contributed by atoms with Crippen LogP contribution in [0.15, 0.2) is 108 Å². The molecule has 0 bridgehead atoms. The van der Waals surface area contributed by atoms with Crippen LogP contribution < -0.4 is 14.8 Å². The lowest BCUT2D eigenvalue weighted by atomic mass is 9.82. The molecule has 1 fully saturated rings. The van der Waals surface area contributed by atoms with Crippen LogP contribution >= 0.6 is 38.5 Å². The molecule has 0 aliphatic carbocycles. The average Bonchev–Trinajstić information content (AvgIpc) is 3.79. The van der Waals surface area contributed by atoms with Gasteiger partial charge in [-0.1, -0.05) is 101 Å². The number of nitrogens with zero attached hydrogens (tertiary/aromatic N) is 4. The third-order valence-corrected chi connectivity index (χ3v) is 16.6. The van der Waals surface area contributed by atoms with E-state index in [-0.39, 0.29) is 36.0 Å². The molecule has 3 heterocycles. The number of aryl methyl sites for hydroxylation is 1. The summed E-state index contributed by atoms with van der Waals surface area (Å²) in [6, 6.07) is 32.8. The van der Waals surface area contributed by atoms with Crippen LogP contribution in [0.3, 0.4) is 0 Å². The van der Waals surface area contributed by atoms with Crippen molar-refractivity contribution < 1.29 is 19.4 Å². The standard InChI is InChI=1S/C40H42BrIN4O4Si/c1-26-38(51(3,4)32-17-15-31(49-2)16-18-32)37(20-21-45-24-35(43-44-45)33(25-47)28-8-6-5-7-9-28)50-40(26)34-22-29(41)12-19-36(34)46(39(40)48)23-27-10-13-30(42)14-11-27/h5-19,22,24,26,33,37-38,47H,20-21,23,25H2,1-4H3/t26-,33?,37+,38-,40+/m0/s1. The molecule has 11 heteroatoms. The molecule has 264 valence electrons. The Hall–Kier alpha value is -3.36. The van der Waals surface area contributed by atoms with Gasteiger partial charge in [0.1, 0.15) is 5.75 Å². The van der Waals surface area contributed by atoms with E-state index >= 15 is 4.79 Å². The van der Waals surface area contributed by atoms with Crippen molar-refractivity contribution >= 4 is 63.4 Å². The SMILES string of the molecule is COc1ccc([Si](C)(C)[C@@H]2[C@@H](CCn3cc(C(CO)c4ccccc4)nn3)O[C@]3(C(=O)N(Cc4ccc(I)cc4)c4ccc(Br)cc43)[C@H]2C)cc1. The van der Waals surface area contributed by atoms with Crippen LogP contribution in [0.2, 0.25) is 18.6 Å². The Morgan fingerprint density at radius 3 is 2.45 bits per heavy atom. The first-order chi connectivity index (χ1) is 24.6. The number of halogens is 2. The van der Waals surface area contributed by atoms with Crippen molar-refractivity contribution in [3.63, 3.8) is 0 Å². The summed E-state index contributed by atoms with van der Waals surface area (Å²) < 4.78 is 16.8. The molecule has 1 amide bonds. The number of anilines is 1. The summed E-state index contributed by atoms with van der Waals surface area (Å²) >= 11 is 6.03. The van der Waals surface area contributed by atoms with Gasteiger partial charge in [-0.2, -0.15) is 0 Å². The van der Waals surface area contributed by atoms with Crippen molar-refractivity contribution in [3.8, 4) is 5.75 Å². The van der Waals surface area contributed by atoms with E-state index in [1.54, 1.807) is 7.11 Å². The van der Waals surface area contributed by atoms with E-state index in [1.165, 1.54) is 5.19 Å². The van der Waals surface area contributed by atoms with Crippen LogP contribution in [0.5, 0.6) is 5.75 Å². The molecule has 0 radical (unpaired) electrons. The predicted octanol–water partition coefficient (Wildman–Crippen LogP) is 7.63. The fourth-order valence-electron chi connectivity index (χ4n) is 8.38. The third-order valence-electron chi connectivity index (χ3n) is 11.0. The Morgan fingerprint density at radius 1 is 1.04 bits per heavy atom. The number of aliphatic hydroxyl groups excluding tert-OH is 1. The van der Waals surface area contributed by atoms with Gasteiger partial charge in [-0.3, -0.25) is 9.48 Å². The highest BCUT2D eigenvalue weighted by Crippen LogP contribution is 2.60. The lowest BCUT2D eigenvalue weighted by Crippen LogP contribution is -2.51. The van der Waals surface area contributed by atoms with Crippen molar-refractivity contribution in [2.75, 3.05) is 18.6 Å². The van der Waals surface area contributed by atoms with Crippen LogP contribution in [0, 0.1) is 9.49 Å². The van der Waals surface area contributed by atoms with Crippen LogP contribution in [0.1, 0.15) is 41.6 Å². The lowest BCUT2D eigenvalue weighted by molar-refractivity contribution is -0.146. The number of amides is 1. The molecule has 8 nitrogen and oxygen atoms in total. The monoisotopic (exact) mass is 876 g/mol. The normalized spacial score (nSPS) is 22.1. The first-order valence-electron chi connectivity index (χ1n) is 17.3. The Morgan fingerprint density at radius 2 is 1.76 bits per heavy atom. The summed E-state index contributed by atoms with van der Waals surface area (Å²) in [6.07, 6.45) is 2.35. The smallest absolute Gasteiger partial charge is 0.264 e. The van der Waals surface area contributed by atoms with E-state index in [9.17, 15) is 5.11 Å². The van der Waals surface area contributed by atoms with E-state index in [2.05, 4.69) is 111 Å². The van der Waals surface area contributed by atoms with E-state index in [0.717, 1.165) is 41.9 Å². The van der Waals surface area contributed by atoms with Crippen molar-refractivity contribution in [2.45, 2.75) is 62.7 Å². The zero-order valence-electron chi connectivity index (χ0n) is 29.2. The third kappa shape index (κ3) is 6.60. The maximum Gasteiger partial charge on any atom is 0.264 e. The average molecular weight is 878 g/mol. The number of hydrogen-bond acceptors (Lipinski definition) is 6. The number of rotatable bonds is 11. The summed E-state index contributed by atoms with van der Waals surface area (Å²) in [6.45, 7) is 7.98. The molecular weight excluding hydrogens is 835 g/mol. The van der Waals surface area contributed by atoms with Crippen LogP contribution in [-0.2, 0) is 28.2 Å². The van der Waals surface area contributed by atoms with Crippen LogP contribution in [0.25, 0.3) is 0 Å². The quantitative estimate of drug-likeness (QED) is 0.109. The lowest BCUT2D eigenvalue weighted by Gasteiger charge is -2.37. The molecule has 1 saturated heterocycles. The number of fused-ring (bicyclic) bond motifs is 2. The minimum Gasteiger partial charge on any atom is -0.497 e. The Labute approximate surface area is 322 Å². The highest BCUT2D eigenvalue weighted by molar-refractivity contribution is 14.1. The van der Waals surface area contributed by atoms with Crippen molar-refractivity contribution in [1.82, 2.24) is 15.0 Å². The minimum absolute atomic E-state index is 0.00892. The molecule has 5 aromatic rings. The van der Waals surface area contributed by atoms with Crippen molar-refractivity contribution in [3.05, 3.63) is 134 Å². The zero-order chi connectivity index (χ0) is 35.9. The molecule has 2 aliphatic heterocycles. The van der Waals surface area contributed by atoms with E-state index in [4.69, 9.17) is 9.47 Å². The number of methoxy groups -OCH3 is 1. The summed E-state index contributed by atoms with van der Waals surface area (Å²) in [4.78, 5) is 17.0. The predicted molar refractivity (Wildman–Crippen MR) is 214 cm³/mol.